The highest BCUT2D eigenvalue weighted by Crippen LogP contribution is 2.22. The quantitative estimate of drug-likeness (QED) is 0.893. The minimum Gasteiger partial charge on any atom is -0.327 e. The topological polar surface area (TPSA) is 78.9 Å². The summed E-state index contributed by atoms with van der Waals surface area (Å²) in [6.07, 6.45) is 0.237. The SMILES string of the molecule is CC(C)(C)C(N)CC(=O)Nc1ccc(C#N)c(Cl)c1. The smallest absolute Gasteiger partial charge is 0.225 e. The van der Waals surface area contributed by atoms with Crippen molar-refractivity contribution in [3.63, 3.8) is 0 Å². The zero-order chi connectivity index (χ0) is 14.6. The van der Waals surface area contributed by atoms with Crippen LogP contribution >= 0.6 is 11.6 Å². The van der Waals surface area contributed by atoms with Gasteiger partial charge >= 0.3 is 0 Å². The van der Waals surface area contributed by atoms with Gasteiger partial charge in [0.05, 0.1) is 10.6 Å². The molecule has 102 valence electrons. The molecule has 1 rings (SSSR count). The molecular formula is C14H18ClN3O. The highest BCUT2D eigenvalue weighted by Gasteiger charge is 2.23. The number of nitrogens with two attached hydrogens (primary N) is 1. The minimum absolute atomic E-state index is 0.125. The molecule has 0 fully saturated rings. The summed E-state index contributed by atoms with van der Waals surface area (Å²) in [5.74, 6) is -0.164. The number of anilines is 1. The van der Waals surface area contributed by atoms with Crippen LogP contribution in [0, 0.1) is 16.7 Å². The summed E-state index contributed by atoms with van der Waals surface area (Å²) in [4.78, 5) is 11.8. The van der Waals surface area contributed by atoms with Crippen LogP contribution in [0.2, 0.25) is 5.02 Å². The third kappa shape index (κ3) is 4.55. The molecule has 0 aliphatic carbocycles. The van der Waals surface area contributed by atoms with Crippen LogP contribution in [0.3, 0.4) is 0 Å². The van der Waals surface area contributed by atoms with Crippen molar-refractivity contribution in [3.8, 4) is 6.07 Å². The molecule has 1 unspecified atom stereocenters. The van der Waals surface area contributed by atoms with E-state index in [1.807, 2.05) is 26.8 Å². The largest absolute Gasteiger partial charge is 0.327 e. The summed E-state index contributed by atoms with van der Waals surface area (Å²) in [5.41, 5.74) is 6.77. The number of rotatable bonds is 3. The van der Waals surface area contributed by atoms with Gasteiger partial charge in [-0.2, -0.15) is 5.26 Å². The Kier molecular flexibility index (Phi) is 4.93. The Morgan fingerprint density at radius 1 is 1.53 bits per heavy atom. The second kappa shape index (κ2) is 6.05. The number of nitrogens with zero attached hydrogens (tertiary/aromatic N) is 1. The van der Waals surface area contributed by atoms with E-state index in [4.69, 9.17) is 22.6 Å². The second-order valence-electron chi connectivity index (χ2n) is 5.53. The predicted molar refractivity (Wildman–Crippen MR) is 76.8 cm³/mol. The number of carbonyl (C=O) groups excluding carboxylic acids is 1. The average molecular weight is 280 g/mol. The molecule has 0 spiro atoms. The number of hydrogen-bond acceptors (Lipinski definition) is 3. The Labute approximate surface area is 118 Å². The maximum absolute atomic E-state index is 11.8. The van der Waals surface area contributed by atoms with Crippen molar-refractivity contribution in [2.24, 2.45) is 11.1 Å². The van der Waals surface area contributed by atoms with E-state index in [2.05, 4.69) is 5.32 Å². The average Bonchev–Trinajstić information content (AvgIpc) is 2.27. The highest BCUT2D eigenvalue weighted by atomic mass is 35.5. The fourth-order valence-electron chi connectivity index (χ4n) is 1.40. The lowest BCUT2D eigenvalue weighted by Crippen LogP contribution is -2.38. The summed E-state index contributed by atoms with van der Waals surface area (Å²) < 4.78 is 0. The lowest BCUT2D eigenvalue weighted by Gasteiger charge is -2.26. The maximum atomic E-state index is 11.8. The normalized spacial score (nSPS) is 12.6. The fourth-order valence-corrected chi connectivity index (χ4v) is 1.62. The molecule has 1 aromatic carbocycles. The lowest BCUT2D eigenvalue weighted by atomic mass is 9.85. The molecule has 0 heterocycles. The number of amides is 1. The van der Waals surface area contributed by atoms with Gasteiger partial charge in [-0.1, -0.05) is 32.4 Å². The molecule has 0 aromatic heterocycles. The Morgan fingerprint density at radius 3 is 2.63 bits per heavy atom. The third-order valence-corrected chi connectivity index (χ3v) is 3.20. The number of carbonyl (C=O) groups is 1. The van der Waals surface area contributed by atoms with Crippen LogP contribution < -0.4 is 11.1 Å². The van der Waals surface area contributed by atoms with E-state index in [1.165, 1.54) is 0 Å². The first-order valence-corrected chi connectivity index (χ1v) is 6.37. The first kappa shape index (κ1) is 15.5. The van der Waals surface area contributed by atoms with E-state index in [9.17, 15) is 4.79 Å². The van der Waals surface area contributed by atoms with Crippen molar-refractivity contribution in [2.45, 2.75) is 33.2 Å². The molecule has 4 nitrogen and oxygen atoms in total. The number of nitriles is 1. The molecule has 1 aromatic rings. The van der Waals surface area contributed by atoms with Crippen LogP contribution in [0.5, 0.6) is 0 Å². The van der Waals surface area contributed by atoms with E-state index < -0.39 is 0 Å². The van der Waals surface area contributed by atoms with Crippen molar-refractivity contribution in [3.05, 3.63) is 28.8 Å². The molecule has 0 saturated carbocycles. The first-order valence-electron chi connectivity index (χ1n) is 5.99. The Balaban J connectivity index is 2.68. The van der Waals surface area contributed by atoms with Gasteiger partial charge in [-0.05, 0) is 23.6 Å². The summed E-state index contributed by atoms with van der Waals surface area (Å²) in [6, 6.07) is 6.51. The van der Waals surface area contributed by atoms with Crippen molar-refractivity contribution < 1.29 is 4.79 Å². The standard InChI is InChI=1S/C14H18ClN3O/c1-14(2,3)12(17)7-13(19)18-10-5-4-9(8-16)11(15)6-10/h4-6,12H,7,17H2,1-3H3,(H,18,19). The van der Waals surface area contributed by atoms with Crippen molar-refractivity contribution in [1.29, 1.82) is 5.26 Å². The zero-order valence-electron chi connectivity index (χ0n) is 11.3. The second-order valence-corrected chi connectivity index (χ2v) is 5.94. The van der Waals surface area contributed by atoms with Gasteiger partial charge in [-0.15, -0.1) is 0 Å². The molecule has 0 radical (unpaired) electrons. The zero-order valence-corrected chi connectivity index (χ0v) is 12.1. The van der Waals surface area contributed by atoms with Crippen molar-refractivity contribution in [2.75, 3.05) is 5.32 Å². The maximum Gasteiger partial charge on any atom is 0.225 e. The summed E-state index contributed by atoms with van der Waals surface area (Å²) in [6.45, 7) is 5.97. The molecule has 0 aliphatic rings. The molecule has 19 heavy (non-hydrogen) atoms. The van der Waals surface area contributed by atoms with E-state index in [0.29, 0.717) is 16.3 Å². The first-order chi connectivity index (χ1) is 8.74. The number of halogens is 1. The van der Waals surface area contributed by atoms with Gasteiger partial charge in [0.25, 0.3) is 0 Å². The molecule has 0 bridgehead atoms. The van der Waals surface area contributed by atoms with Crippen LogP contribution in [0.15, 0.2) is 18.2 Å². The van der Waals surface area contributed by atoms with Gasteiger partial charge in [0.2, 0.25) is 5.91 Å². The number of nitrogens with one attached hydrogen (secondary N) is 1. The van der Waals surface area contributed by atoms with Crippen LogP contribution in [-0.4, -0.2) is 11.9 Å². The molecule has 1 amide bonds. The van der Waals surface area contributed by atoms with Crippen LogP contribution in [0.4, 0.5) is 5.69 Å². The Bertz CT molecular complexity index is 514. The van der Waals surface area contributed by atoms with Gasteiger partial charge in [0, 0.05) is 18.2 Å². The van der Waals surface area contributed by atoms with E-state index >= 15 is 0 Å². The van der Waals surface area contributed by atoms with Crippen LogP contribution in [-0.2, 0) is 4.79 Å². The Morgan fingerprint density at radius 2 is 2.16 bits per heavy atom. The monoisotopic (exact) mass is 279 g/mol. The Hall–Kier alpha value is -1.57. The van der Waals surface area contributed by atoms with Crippen LogP contribution in [0.25, 0.3) is 0 Å². The molecular weight excluding hydrogens is 262 g/mol. The highest BCUT2D eigenvalue weighted by molar-refractivity contribution is 6.32. The summed E-state index contributed by atoms with van der Waals surface area (Å²) >= 11 is 5.89. The minimum atomic E-state index is -0.221. The van der Waals surface area contributed by atoms with Gasteiger partial charge < -0.3 is 11.1 Å². The lowest BCUT2D eigenvalue weighted by molar-refractivity contribution is -0.117. The van der Waals surface area contributed by atoms with E-state index in [-0.39, 0.29) is 23.8 Å². The van der Waals surface area contributed by atoms with E-state index in [0.717, 1.165) is 0 Å². The van der Waals surface area contributed by atoms with Gasteiger partial charge in [0.1, 0.15) is 6.07 Å². The molecule has 0 aliphatic heterocycles. The van der Waals surface area contributed by atoms with Crippen molar-refractivity contribution in [1.82, 2.24) is 0 Å². The molecule has 3 N–H and O–H groups in total. The van der Waals surface area contributed by atoms with Crippen molar-refractivity contribution >= 4 is 23.2 Å². The van der Waals surface area contributed by atoms with Gasteiger partial charge in [-0.3, -0.25) is 4.79 Å². The summed E-state index contributed by atoms with van der Waals surface area (Å²) in [7, 11) is 0. The van der Waals surface area contributed by atoms with Gasteiger partial charge in [-0.25, -0.2) is 0 Å². The third-order valence-electron chi connectivity index (χ3n) is 2.89. The number of benzene rings is 1. The molecule has 1 atom stereocenters. The van der Waals surface area contributed by atoms with E-state index in [1.54, 1.807) is 18.2 Å². The molecule has 0 saturated heterocycles. The fraction of sp³-hybridized carbons (Fsp3) is 0.429. The van der Waals surface area contributed by atoms with Crippen LogP contribution in [0.1, 0.15) is 32.8 Å². The number of hydrogen-bond donors (Lipinski definition) is 2. The molecule has 5 heteroatoms. The van der Waals surface area contributed by atoms with Gasteiger partial charge in [0.15, 0.2) is 0 Å². The summed E-state index contributed by atoms with van der Waals surface area (Å²) in [5, 5.41) is 11.8. The predicted octanol–water partition coefficient (Wildman–Crippen LogP) is 2.91.